The minimum Gasteiger partial charge on any atom is -0.394 e. The van der Waals surface area contributed by atoms with Gasteiger partial charge in [0.15, 0.2) is 6.29 Å². The molecule has 0 spiro atoms. The van der Waals surface area contributed by atoms with Gasteiger partial charge in [0.1, 0.15) is 24.4 Å². The Labute approximate surface area is 143 Å². The molecular formula is C13H22N4O6S. The Balaban J connectivity index is 1.68. The Morgan fingerprint density at radius 1 is 1.33 bits per heavy atom. The van der Waals surface area contributed by atoms with Gasteiger partial charge in [-0.3, -0.25) is 0 Å². The van der Waals surface area contributed by atoms with Crippen molar-refractivity contribution in [2.75, 3.05) is 50.2 Å². The quantitative estimate of drug-likeness (QED) is 0.478. The molecular weight excluding hydrogens is 340 g/mol. The van der Waals surface area contributed by atoms with Crippen LogP contribution in [0, 0.1) is 0 Å². The third kappa shape index (κ3) is 3.61. The molecule has 2 saturated heterocycles. The summed E-state index contributed by atoms with van der Waals surface area (Å²) in [6, 6.07) is -0.738. The highest BCUT2D eigenvalue weighted by Gasteiger charge is 2.45. The number of hydrogen-bond acceptors (Lipinski definition) is 11. The van der Waals surface area contributed by atoms with E-state index in [-0.39, 0.29) is 0 Å². The molecule has 3 heterocycles. The standard InChI is InChI=1S/C13H22N4O6S/c1-21-11-8(10(20)9(19)7(6-18)23-11)14-13-15-12(16-24-13)17-2-4-22-5-3-17/h7-11,18-20H,2-6H2,1H3,(H,14,15,16)/t7-,8-,9+,10-,11-/m1/s1. The zero-order valence-electron chi connectivity index (χ0n) is 13.2. The van der Waals surface area contributed by atoms with Gasteiger partial charge >= 0.3 is 0 Å². The number of rotatable bonds is 5. The van der Waals surface area contributed by atoms with Crippen LogP contribution in [0.3, 0.4) is 0 Å². The van der Waals surface area contributed by atoms with Crippen molar-refractivity contribution in [3.05, 3.63) is 0 Å². The summed E-state index contributed by atoms with van der Waals surface area (Å²) >= 11 is 1.15. The molecule has 4 N–H and O–H groups in total. The summed E-state index contributed by atoms with van der Waals surface area (Å²) in [7, 11) is 1.43. The maximum atomic E-state index is 10.3. The second-order valence-corrected chi connectivity index (χ2v) is 6.36. The first-order valence-corrected chi connectivity index (χ1v) is 8.49. The Kier molecular flexibility index (Phi) is 5.81. The van der Waals surface area contributed by atoms with Crippen LogP contribution in [-0.2, 0) is 14.2 Å². The second kappa shape index (κ2) is 7.87. The van der Waals surface area contributed by atoms with Crippen molar-refractivity contribution in [1.82, 2.24) is 9.36 Å². The molecule has 2 aliphatic rings. The van der Waals surface area contributed by atoms with Crippen molar-refractivity contribution in [2.24, 2.45) is 0 Å². The molecule has 0 unspecified atom stereocenters. The Morgan fingerprint density at radius 3 is 2.75 bits per heavy atom. The highest BCUT2D eigenvalue weighted by Crippen LogP contribution is 2.26. The number of methoxy groups -OCH3 is 1. The van der Waals surface area contributed by atoms with Gasteiger partial charge < -0.3 is 39.7 Å². The lowest BCUT2D eigenvalue weighted by atomic mass is 9.97. The molecule has 0 aliphatic carbocycles. The number of nitrogens with one attached hydrogen (secondary N) is 1. The number of nitrogens with zero attached hydrogens (tertiary/aromatic N) is 3. The number of aliphatic hydroxyl groups excluding tert-OH is 3. The van der Waals surface area contributed by atoms with Crippen LogP contribution in [0.2, 0.25) is 0 Å². The molecule has 2 fully saturated rings. The highest BCUT2D eigenvalue weighted by molar-refractivity contribution is 7.09. The monoisotopic (exact) mass is 362 g/mol. The van der Waals surface area contributed by atoms with Crippen LogP contribution in [0.1, 0.15) is 0 Å². The molecule has 24 heavy (non-hydrogen) atoms. The Bertz CT molecular complexity index is 526. The largest absolute Gasteiger partial charge is 0.394 e. The lowest BCUT2D eigenvalue weighted by molar-refractivity contribution is -0.254. The third-order valence-corrected chi connectivity index (χ3v) is 4.75. The molecule has 0 amide bonds. The average molecular weight is 362 g/mol. The van der Waals surface area contributed by atoms with E-state index in [1.54, 1.807) is 0 Å². The van der Waals surface area contributed by atoms with Crippen molar-refractivity contribution >= 4 is 22.6 Å². The van der Waals surface area contributed by atoms with Gasteiger partial charge in [-0.1, -0.05) is 0 Å². The average Bonchev–Trinajstić information content (AvgIpc) is 3.09. The van der Waals surface area contributed by atoms with E-state index in [4.69, 9.17) is 14.2 Å². The minimum absolute atomic E-state index is 0.412. The first-order chi connectivity index (χ1) is 11.6. The summed E-state index contributed by atoms with van der Waals surface area (Å²) in [5.41, 5.74) is 0. The molecule has 11 heteroatoms. The smallest absolute Gasteiger partial charge is 0.239 e. The molecule has 1 aromatic rings. The van der Waals surface area contributed by atoms with Crippen molar-refractivity contribution in [3.8, 4) is 0 Å². The first-order valence-electron chi connectivity index (χ1n) is 7.72. The summed E-state index contributed by atoms with van der Waals surface area (Å²) in [6.07, 6.45) is -4.15. The summed E-state index contributed by atoms with van der Waals surface area (Å²) in [5, 5.41) is 33.0. The number of aliphatic hydroxyl groups is 3. The fourth-order valence-corrected chi connectivity index (χ4v) is 3.38. The Morgan fingerprint density at radius 2 is 2.08 bits per heavy atom. The summed E-state index contributed by atoms with van der Waals surface area (Å²) < 4.78 is 20.3. The van der Waals surface area contributed by atoms with E-state index in [1.165, 1.54) is 7.11 Å². The summed E-state index contributed by atoms with van der Waals surface area (Å²) in [6.45, 7) is 2.31. The molecule has 136 valence electrons. The van der Waals surface area contributed by atoms with Crippen molar-refractivity contribution in [1.29, 1.82) is 0 Å². The van der Waals surface area contributed by atoms with Gasteiger partial charge in [-0.05, 0) is 0 Å². The third-order valence-electron chi connectivity index (χ3n) is 4.11. The van der Waals surface area contributed by atoms with Crippen LogP contribution in [-0.4, -0.2) is 95.3 Å². The molecule has 0 bridgehead atoms. The fraction of sp³-hybridized carbons (Fsp3) is 0.846. The van der Waals surface area contributed by atoms with Gasteiger partial charge in [0.25, 0.3) is 0 Å². The van der Waals surface area contributed by atoms with E-state index in [2.05, 4.69) is 14.7 Å². The van der Waals surface area contributed by atoms with Crippen LogP contribution in [0.4, 0.5) is 11.1 Å². The summed E-state index contributed by atoms with van der Waals surface area (Å²) in [5.74, 6) is 0.597. The maximum absolute atomic E-state index is 10.3. The summed E-state index contributed by atoms with van der Waals surface area (Å²) in [4.78, 5) is 6.43. The number of hydrogen-bond donors (Lipinski definition) is 4. The molecule has 5 atom stereocenters. The molecule has 10 nitrogen and oxygen atoms in total. The highest BCUT2D eigenvalue weighted by atomic mass is 32.1. The van der Waals surface area contributed by atoms with Crippen molar-refractivity contribution in [2.45, 2.75) is 30.6 Å². The van der Waals surface area contributed by atoms with Crippen LogP contribution in [0.15, 0.2) is 0 Å². The topological polar surface area (TPSA) is 129 Å². The lowest BCUT2D eigenvalue weighted by Gasteiger charge is -2.41. The van der Waals surface area contributed by atoms with Gasteiger partial charge in [-0.15, -0.1) is 0 Å². The maximum Gasteiger partial charge on any atom is 0.239 e. The molecule has 0 radical (unpaired) electrons. The van der Waals surface area contributed by atoms with Gasteiger partial charge in [0.05, 0.1) is 19.8 Å². The van der Waals surface area contributed by atoms with E-state index in [0.29, 0.717) is 24.3 Å². The van der Waals surface area contributed by atoms with Gasteiger partial charge in [-0.25, -0.2) is 0 Å². The van der Waals surface area contributed by atoms with Gasteiger partial charge in [-0.2, -0.15) is 9.36 Å². The van der Waals surface area contributed by atoms with Crippen LogP contribution in [0.5, 0.6) is 0 Å². The minimum atomic E-state index is -1.23. The zero-order chi connectivity index (χ0) is 17.1. The Hall–Kier alpha value is -1.08. The molecule has 1 aromatic heterocycles. The van der Waals surface area contributed by atoms with Gasteiger partial charge in [0, 0.05) is 31.7 Å². The number of ether oxygens (including phenoxy) is 3. The van der Waals surface area contributed by atoms with Gasteiger partial charge in [0.2, 0.25) is 11.1 Å². The van der Waals surface area contributed by atoms with E-state index in [1.807, 2.05) is 4.90 Å². The lowest BCUT2D eigenvalue weighted by Crippen LogP contribution is -2.61. The fourth-order valence-electron chi connectivity index (χ4n) is 2.75. The number of anilines is 2. The van der Waals surface area contributed by atoms with Crippen LogP contribution < -0.4 is 10.2 Å². The number of morpholine rings is 1. The van der Waals surface area contributed by atoms with E-state index in [0.717, 1.165) is 24.6 Å². The SMILES string of the molecule is CO[C@@H]1O[C@H](CO)[C@H](O)[C@H](O)[C@H]1Nc1nc(N2CCOCC2)ns1. The first kappa shape index (κ1) is 17.7. The second-order valence-electron chi connectivity index (χ2n) is 5.61. The van der Waals surface area contributed by atoms with Crippen LogP contribution in [0.25, 0.3) is 0 Å². The molecule has 0 saturated carbocycles. The normalized spacial score (nSPS) is 34.3. The predicted octanol–water partition coefficient (Wildman–Crippen LogP) is -1.76. The van der Waals surface area contributed by atoms with E-state index < -0.39 is 37.3 Å². The molecule has 3 rings (SSSR count). The van der Waals surface area contributed by atoms with Crippen molar-refractivity contribution in [3.63, 3.8) is 0 Å². The van der Waals surface area contributed by atoms with E-state index in [9.17, 15) is 15.3 Å². The molecule has 2 aliphatic heterocycles. The van der Waals surface area contributed by atoms with E-state index >= 15 is 0 Å². The van der Waals surface area contributed by atoms with Crippen molar-refractivity contribution < 1.29 is 29.5 Å². The number of aromatic nitrogens is 2. The predicted molar refractivity (Wildman–Crippen MR) is 85.1 cm³/mol. The molecule has 0 aromatic carbocycles. The zero-order valence-corrected chi connectivity index (χ0v) is 14.1. The van der Waals surface area contributed by atoms with Crippen LogP contribution >= 0.6 is 11.5 Å².